The second-order valence-corrected chi connectivity index (χ2v) is 7.61. The van der Waals surface area contributed by atoms with Crippen LogP contribution >= 0.6 is 0 Å². The molecule has 1 atom stereocenters. The third kappa shape index (κ3) is 1.65. The molecule has 0 saturated carbocycles. The van der Waals surface area contributed by atoms with Crippen molar-refractivity contribution in [3.63, 3.8) is 0 Å². The van der Waals surface area contributed by atoms with Crippen molar-refractivity contribution in [3.05, 3.63) is 65.4 Å². The molecular weight excluding hydrogens is 278 g/mol. The maximum absolute atomic E-state index is 4.92. The summed E-state index contributed by atoms with van der Waals surface area (Å²) in [6.07, 6.45) is 5.86. The molecule has 1 heteroatoms. The van der Waals surface area contributed by atoms with E-state index in [1.54, 1.807) is 11.1 Å². The first-order chi connectivity index (χ1) is 11.2. The van der Waals surface area contributed by atoms with Crippen LogP contribution in [0.3, 0.4) is 0 Å². The van der Waals surface area contributed by atoms with Crippen molar-refractivity contribution in [3.8, 4) is 11.3 Å². The Labute approximate surface area is 137 Å². The van der Waals surface area contributed by atoms with Gasteiger partial charge in [0.05, 0.1) is 5.69 Å². The van der Waals surface area contributed by atoms with Crippen molar-refractivity contribution >= 4 is 10.8 Å². The van der Waals surface area contributed by atoms with E-state index < -0.39 is 0 Å². The van der Waals surface area contributed by atoms with Crippen LogP contribution in [0.15, 0.2) is 48.7 Å². The molecule has 2 aliphatic carbocycles. The summed E-state index contributed by atoms with van der Waals surface area (Å²) in [5, 5.41) is 2.64. The highest BCUT2D eigenvalue weighted by molar-refractivity contribution is 5.93. The summed E-state index contributed by atoms with van der Waals surface area (Å²) >= 11 is 0. The third-order valence-corrected chi connectivity index (χ3v) is 6.05. The quantitative estimate of drug-likeness (QED) is 0.525. The fraction of sp³-hybridized carbons (Fsp3) is 0.318. The van der Waals surface area contributed by atoms with Gasteiger partial charge in [-0.1, -0.05) is 56.3 Å². The van der Waals surface area contributed by atoms with Gasteiger partial charge in [0, 0.05) is 17.1 Å². The van der Waals surface area contributed by atoms with Gasteiger partial charge in [-0.05, 0) is 52.7 Å². The first kappa shape index (κ1) is 13.3. The Bertz CT molecular complexity index is 936. The van der Waals surface area contributed by atoms with Crippen LogP contribution < -0.4 is 0 Å². The number of benzene rings is 2. The van der Waals surface area contributed by atoms with E-state index in [9.17, 15) is 0 Å². The molecule has 0 amide bonds. The minimum atomic E-state index is 0.132. The standard InChI is InChI=1S/C22H21N/c1-22(2)18-12-6-9-14-8-5-11-17(19(14)18)21-20(22)16-10-4-3-7-15(16)13-23-21/h3-5,7-8,10-11,13,18H,6,9,12H2,1-2H3. The van der Waals surface area contributed by atoms with Crippen LogP contribution in [0.5, 0.6) is 0 Å². The molecule has 1 unspecified atom stereocenters. The average molecular weight is 299 g/mol. The van der Waals surface area contributed by atoms with Crippen molar-refractivity contribution in [2.24, 2.45) is 0 Å². The Morgan fingerprint density at radius 2 is 1.91 bits per heavy atom. The number of fused-ring (bicyclic) bond motifs is 4. The lowest BCUT2D eigenvalue weighted by Gasteiger charge is -2.45. The summed E-state index contributed by atoms with van der Waals surface area (Å²) in [5.74, 6) is 0.613. The van der Waals surface area contributed by atoms with E-state index in [1.807, 2.05) is 6.20 Å². The average Bonchev–Trinajstić information content (AvgIpc) is 2.59. The number of rotatable bonds is 0. The van der Waals surface area contributed by atoms with Crippen LogP contribution in [0.4, 0.5) is 0 Å². The van der Waals surface area contributed by atoms with Crippen LogP contribution in [0.2, 0.25) is 0 Å². The molecule has 0 aliphatic heterocycles. The molecule has 5 rings (SSSR count). The number of pyridine rings is 1. The molecular formula is C22H21N. The zero-order valence-corrected chi connectivity index (χ0v) is 13.8. The normalized spacial score (nSPS) is 20.9. The Kier molecular flexibility index (Phi) is 2.57. The van der Waals surface area contributed by atoms with Gasteiger partial charge >= 0.3 is 0 Å². The zero-order valence-electron chi connectivity index (χ0n) is 13.8. The van der Waals surface area contributed by atoms with Gasteiger partial charge < -0.3 is 0 Å². The molecule has 23 heavy (non-hydrogen) atoms. The van der Waals surface area contributed by atoms with E-state index in [-0.39, 0.29) is 5.41 Å². The molecule has 0 N–H and O–H groups in total. The molecule has 0 spiro atoms. The summed E-state index contributed by atoms with van der Waals surface area (Å²) < 4.78 is 0. The van der Waals surface area contributed by atoms with Gasteiger partial charge in [0.2, 0.25) is 0 Å². The van der Waals surface area contributed by atoms with Gasteiger partial charge in [-0.2, -0.15) is 0 Å². The van der Waals surface area contributed by atoms with Gasteiger partial charge in [-0.25, -0.2) is 0 Å². The molecule has 0 bridgehead atoms. The third-order valence-electron chi connectivity index (χ3n) is 6.05. The predicted molar refractivity (Wildman–Crippen MR) is 95.9 cm³/mol. The molecule has 0 radical (unpaired) electrons. The van der Waals surface area contributed by atoms with E-state index in [1.165, 1.54) is 46.9 Å². The molecule has 0 saturated heterocycles. The van der Waals surface area contributed by atoms with Crippen LogP contribution in [-0.4, -0.2) is 4.98 Å². The molecule has 2 aromatic carbocycles. The minimum absolute atomic E-state index is 0.132. The summed E-state index contributed by atoms with van der Waals surface area (Å²) in [7, 11) is 0. The van der Waals surface area contributed by atoms with Gasteiger partial charge in [0.25, 0.3) is 0 Å². The second-order valence-electron chi connectivity index (χ2n) is 7.61. The lowest BCUT2D eigenvalue weighted by molar-refractivity contribution is 0.364. The summed E-state index contributed by atoms with van der Waals surface area (Å²) in [6, 6.07) is 15.6. The largest absolute Gasteiger partial charge is 0.255 e. The Morgan fingerprint density at radius 1 is 1.04 bits per heavy atom. The molecule has 114 valence electrons. The molecule has 1 nitrogen and oxygen atoms in total. The SMILES string of the molecule is CC1(C)c2c(ncc3ccccc23)-c2cccc3c2C1CCC3. The number of hydrogen-bond acceptors (Lipinski definition) is 1. The van der Waals surface area contributed by atoms with E-state index in [2.05, 4.69) is 56.3 Å². The minimum Gasteiger partial charge on any atom is -0.255 e. The first-order valence-electron chi connectivity index (χ1n) is 8.68. The van der Waals surface area contributed by atoms with Crippen LogP contribution in [-0.2, 0) is 11.8 Å². The summed E-state index contributed by atoms with van der Waals surface area (Å²) in [5.41, 5.74) is 7.31. The Balaban J connectivity index is 1.96. The zero-order chi connectivity index (χ0) is 15.6. The fourth-order valence-corrected chi connectivity index (χ4v) is 5.01. The lowest BCUT2D eigenvalue weighted by Crippen LogP contribution is -2.34. The van der Waals surface area contributed by atoms with Crippen molar-refractivity contribution in [2.75, 3.05) is 0 Å². The maximum Gasteiger partial charge on any atom is 0.0749 e. The van der Waals surface area contributed by atoms with Gasteiger partial charge in [0.15, 0.2) is 0 Å². The number of hydrogen-bond donors (Lipinski definition) is 0. The van der Waals surface area contributed by atoms with Crippen LogP contribution in [0.25, 0.3) is 22.0 Å². The van der Waals surface area contributed by atoms with Gasteiger partial charge in [-0.15, -0.1) is 0 Å². The topological polar surface area (TPSA) is 12.9 Å². The summed E-state index contributed by atoms with van der Waals surface area (Å²) in [4.78, 5) is 4.92. The molecule has 0 fully saturated rings. The molecule has 2 aliphatic rings. The smallest absolute Gasteiger partial charge is 0.0749 e. The number of aromatic nitrogens is 1. The fourth-order valence-electron chi connectivity index (χ4n) is 5.01. The highest BCUT2D eigenvalue weighted by atomic mass is 14.7. The number of nitrogens with zero attached hydrogens (tertiary/aromatic N) is 1. The lowest BCUT2D eigenvalue weighted by atomic mass is 9.59. The van der Waals surface area contributed by atoms with Crippen molar-refractivity contribution in [1.29, 1.82) is 0 Å². The van der Waals surface area contributed by atoms with E-state index in [4.69, 9.17) is 4.98 Å². The highest BCUT2D eigenvalue weighted by Gasteiger charge is 2.43. The number of aryl methyl sites for hydroxylation is 1. The second kappa shape index (κ2) is 4.44. The maximum atomic E-state index is 4.92. The Hall–Kier alpha value is -2.15. The van der Waals surface area contributed by atoms with E-state index >= 15 is 0 Å². The summed E-state index contributed by atoms with van der Waals surface area (Å²) in [6.45, 7) is 4.85. The van der Waals surface area contributed by atoms with E-state index in [0.717, 1.165) is 0 Å². The molecule has 1 aromatic heterocycles. The van der Waals surface area contributed by atoms with Crippen LogP contribution in [0.1, 0.15) is 49.3 Å². The van der Waals surface area contributed by atoms with Crippen molar-refractivity contribution < 1.29 is 0 Å². The van der Waals surface area contributed by atoms with Gasteiger partial charge in [0.1, 0.15) is 0 Å². The van der Waals surface area contributed by atoms with Crippen molar-refractivity contribution in [2.45, 2.75) is 44.4 Å². The predicted octanol–water partition coefficient (Wildman–Crippen LogP) is 5.61. The highest BCUT2D eigenvalue weighted by Crippen LogP contribution is 2.55. The first-order valence-corrected chi connectivity index (χ1v) is 8.68. The monoisotopic (exact) mass is 299 g/mol. The van der Waals surface area contributed by atoms with Crippen molar-refractivity contribution in [1.82, 2.24) is 4.98 Å². The van der Waals surface area contributed by atoms with Gasteiger partial charge in [-0.3, -0.25) is 4.98 Å². The Morgan fingerprint density at radius 3 is 2.83 bits per heavy atom. The van der Waals surface area contributed by atoms with E-state index in [0.29, 0.717) is 5.92 Å². The molecule has 1 heterocycles. The van der Waals surface area contributed by atoms with Crippen LogP contribution in [0, 0.1) is 0 Å². The molecule has 3 aromatic rings.